The summed E-state index contributed by atoms with van der Waals surface area (Å²) >= 11 is 0. The zero-order valence-corrected chi connectivity index (χ0v) is 46.3. The Morgan fingerprint density at radius 3 is 1.41 bits per heavy atom. The van der Waals surface area contributed by atoms with Crippen molar-refractivity contribution in [3.63, 3.8) is 0 Å². The molecule has 12 atom stereocenters. The number of ether oxygens (including phenoxy) is 4. The molecule has 2 saturated heterocycles. The van der Waals surface area contributed by atoms with E-state index in [0.29, 0.717) is 12.8 Å². The molecule has 0 aromatic carbocycles. The molecule has 14 heteroatoms. The molecule has 2 heterocycles. The minimum absolute atomic E-state index is 0.253. The summed E-state index contributed by atoms with van der Waals surface area (Å²) in [5.74, 6) is -0.253. The lowest BCUT2D eigenvalue weighted by atomic mass is 9.97. The van der Waals surface area contributed by atoms with E-state index < -0.39 is 86.8 Å². The van der Waals surface area contributed by atoms with E-state index in [4.69, 9.17) is 18.9 Å². The topological polar surface area (TPSA) is 228 Å². The van der Waals surface area contributed by atoms with Gasteiger partial charge in [-0.15, -0.1) is 0 Å². The lowest BCUT2D eigenvalue weighted by Gasteiger charge is -2.46. The molecule has 2 aliphatic heterocycles. The van der Waals surface area contributed by atoms with E-state index in [-0.39, 0.29) is 18.9 Å². The van der Waals surface area contributed by atoms with Crippen molar-refractivity contribution < 1.29 is 64.6 Å². The van der Waals surface area contributed by atoms with Gasteiger partial charge in [-0.25, -0.2) is 0 Å². The normalized spacial score (nSPS) is 25.5. The molecule has 2 fully saturated rings. The van der Waals surface area contributed by atoms with Crippen LogP contribution in [0.5, 0.6) is 0 Å². The van der Waals surface area contributed by atoms with Crippen LogP contribution in [0.3, 0.4) is 0 Å². The molecule has 9 N–H and O–H groups in total. The van der Waals surface area contributed by atoms with Gasteiger partial charge in [0.25, 0.3) is 0 Å². The molecule has 2 rings (SSSR count). The van der Waals surface area contributed by atoms with E-state index in [2.05, 4.69) is 55.6 Å². The molecule has 0 aromatic heterocycles. The molecule has 1 amide bonds. The van der Waals surface area contributed by atoms with Crippen molar-refractivity contribution in [3.8, 4) is 0 Å². The maximum atomic E-state index is 13.3. The molecular formula is C60H109NO13. The summed E-state index contributed by atoms with van der Waals surface area (Å²) in [6, 6.07) is -0.935. The van der Waals surface area contributed by atoms with Crippen molar-refractivity contribution >= 4 is 5.91 Å². The maximum Gasteiger partial charge on any atom is 0.220 e. The van der Waals surface area contributed by atoms with Crippen LogP contribution in [0.1, 0.15) is 232 Å². The average Bonchev–Trinajstić information content (AvgIpc) is 3.40. The van der Waals surface area contributed by atoms with Crippen molar-refractivity contribution in [2.45, 2.75) is 306 Å². The largest absolute Gasteiger partial charge is 0.394 e. The Morgan fingerprint density at radius 1 is 0.486 bits per heavy atom. The quantitative estimate of drug-likeness (QED) is 0.0205. The van der Waals surface area contributed by atoms with Crippen molar-refractivity contribution in [2.75, 3.05) is 19.8 Å². The van der Waals surface area contributed by atoms with Crippen LogP contribution in [0.4, 0.5) is 0 Å². The van der Waals surface area contributed by atoms with Gasteiger partial charge in [-0.1, -0.05) is 210 Å². The Kier molecular flexibility index (Phi) is 42.2. The van der Waals surface area contributed by atoms with Gasteiger partial charge in [-0.2, -0.15) is 0 Å². The van der Waals surface area contributed by atoms with E-state index >= 15 is 0 Å². The number of hydrogen-bond acceptors (Lipinski definition) is 13. The molecule has 2 aliphatic rings. The first-order valence-corrected chi connectivity index (χ1v) is 29.9. The minimum atomic E-state index is -1.79. The second kappa shape index (κ2) is 45.9. The summed E-state index contributed by atoms with van der Waals surface area (Å²) in [6.07, 6.45) is 40.0. The first kappa shape index (κ1) is 68.1. The third-order valence-electron chi connectivity index (χ3n) is 14.5. The summed E-state index contributed by atoms with van der Waals surface area (Å²) in [5.41, 5.74) is 0. The van der Waals surface area contributed by atoms with Gasteiger partial charge in [-0.3, -0.25) is 4.79 Å². The van der Waals surface area contributed by atoms with Gasteiger partial charge in [0, 0.05) is 6.42 Å². The number of carbonyl (C=O) groups is 1. The average molecular weight is 1050 g/mol. The van der Waals surface area contributed by atoms with E-state index in [1.165, 1.54) is 154 Å². The zero-order chi connectivity index (χ0) is 53.9. The number of aliphatic hydroxyl groups excluding tert-OH is 8. The van der Waals surface area contributed by atoms with Crippen LogP contribution >= 0.6 is 0 Å². The molecule has 14 nitrogen and oxygen atoms in total. The number of rotatable bonds is 47. The fraction of sp³-hybridized carbons (Fsp3) is 0.850. The number of amides is 1. The number of carbonyl (C=O) groups excluding carboxylic acids is 1. The van der Waals surface area contributed by atoms with Gasteiger partial charge in [0.1, 0.15) is 48.8 Å². The van der Waals surface area contributed by atoms with E-state index in [1.54, 1.807) is 6.08 Å². The minimum Gasteiger partial charge on any atom is -0.394 e. The fourth-order valence-corrected chi connectivity index (χ4v) is 9.63. The standard InChI is InChI=1S/C60H109NO13/c1-3-5-7-9-11-13-15-17-19-21-23-24-26-28-30-32-34-36-38-40-42-44-52(65)61-48(49(64)43-41-39-37-35-33-31-29-27-25-22-20-18-16-14-12-10-8-6-4-2)47-71-59-57(70)55(68)58(51(46-63)73-59)74-60-56(69)54(67)53(66)50(45-62)72-60/h15,17,21,23,33,35,41,43,48-51,53-60,62-64,66-70H,3-14,16,18-20,22,24-32,34,36-40,42,44-47H2,1-2H3,(H,61,65)/b17-15-,23-21-,35-33+,43-41+. The second-order valence-corrected chi connectivity index (χ2v) is 21.1. The number of nitrogens with one attached hydrogen (secondary N) is 1. The van der Waals surface area contributed by atoms with E-state index in [0.717, 1.165) is 44.9 Å². The third kappa shape index (κ3) is 31.4. The van der Waals surface area contributed by atoms with Gasteiger partial charge >= 0.3 is 0 Å². The Bertz CT molecular complexity index is 1430. The first-order chi connectivity index (χ1) is 36.1. The molecule has 74 heavy (non-hydrogen) atoms. The summed E-state index contributed by atoms with van der Waals surface area (Å²) in [5, 5.41) is 87.1. The smallest absolute Gasteiger partial charge is 0.220 e. The van der Waals surface area contributed by atoms with Crippen molar-refractivity contribution in [2.24, 2.45) is 0 Å². The highest BCUT2D eigenvalue weighted by atomic mass is 16.7. The molecule has 0 aliphatic carbocycles. The molecule has 0 saturated carbocycles. The van der Waals surface area contributed by atoms with Crippen LogP contribution in [-0.4, -0.2) is 140 Å². The van der Waals surface area contributed by atoms with Crippen LogP contribution in [0.15, 0.2) is 48.6 Å². The Morgan fingerprint density at radius 2 is 0.905 bits per heavy atom. The predicted molar refractivity (Wildman–Crippen MR) is 295 cm³/mol. The Balaban J connectivity index is 1.79. The molecule has 0 bridgehead atoms. The maximum absolute atomic E-state index is 13.3. The summed E-state index contributed by atoms with van der Waals surface area (Å²) in [4.78, 5) is 13.3. The van der Waals surface area contributed by atoms with Crippen LogP contribution in [-0.2, 0) is 23.7 Å². The molecule has 0 radical (unpaired) electrons. The number of unbranched alkanes of at least 4 members (excludes halogenated alkanes) is 28. The molecule has 12 unspecified atom stereocenters. The lowest BCUT2D eigenvalue weighted by molar-refractivity contribution is -0.359. The SMILES string of the molecule is CCCCCCC/C=C\C/C=C\CCCCCCCCCCCC(=O)NC(COC1OC(CO)C(OC2OC(CO)C(O)C(O)C2O)C(O)C1O)C(O)/C=C/CC/C=C/CCCCCCCCCCCCCCC. The predicted octanol–water partition coefficient (Wildman–Crippen LogP) is 10.0. The van der Waals surface area contributed by atoms with Crippen LogP contribution < -0.4 is 5.32 Å². The Hall–Kier alpha value is -2.05. The van der Waals surface area contributed by atoms with Gasteiger partial charge < -0.3 is 65.1 Å². The van der Waals surface area contributed by atoms with Crippen molar-refractivity contribution in [1.82, 2.24) is 5.32 Å². The first-order valence-electron chi connectivity index (χ1n) is 29.9. The van der Waals surface area contributed by atoms with E-state index in [1.807, 2.05) is 6.08 Å². The summed E-state index contributed by atoms with van der Waals surface area (Å²) < 4.78 is 22.8. The Labute approximate surface area is 448 Å². The number of allylic oxidation sites excluding steroid dienone is 7. The van der Waals surface area contributed by atoms with Crippen LogP contribution in [0, 0.1) is 0 Å². The fourth-order valence-electron chi connectivity index (χ4n) is 9.63. The van der Waals surface area contributed by atoms with E-state index in [9.17, 15) is 45.6 Å². The molecule has 432 valence electrons. The highest BCUT2D eigenvalue weighted by molar-refractivity contribution is 5.76. The van der Waals surface area contributed by atoms with Crippen molar-refractivity contribution in [1.29, 1.82) is 0 Å². The van der Waals surface area contributed by atoms with Gasteiger partial charge in [0.2, 0.25) is 5.91 Å². The summed E-state index contributed by atoms with van der Waals surface area (Å²) in [6.45, 7) is 2.78. The zero-order valence-electron chi connectivity index (χ0n) is 46.3. The monoisotopic (exact) mass is 1050 g/mol. The molecular weight excluding hydrogens is 943 g/mol. The third-order valence-corrected chi connectivity index (χ3v) is 14.5. The van der Waals surface area contributed by atoms with Crippen molar-refractivity contribution in [3.05, 3.63) is 48.6 Å². The van der Waals surface area contributed by atoms with Crippen LogP contribution in [0.2, 0.25) is 0 Å². The van der Waals surface area contributed by atoms with Gasteiger partial charge in [-0.05, 0) is 64.2 Å². The summed E-state index contributed by atoms with van der Waals surface area (Å²) in [7, 11) is 0. The van der Waals surface area contributed by atoms with Gasteiger partial charge in [0.15, 0.2) is 12.6 Å². The van der Waals surface area contributed by atoms with Gasteiger partial charge in [0.05, 0.1) is 32.0 Å². The number of aliphatic hydroxyl groups is 8. The second-order valence-electron chi connectivity index (χ2n) is 21.1. The van der Waals surface area contributed by atoms with Crippen LogP contribution in [0.25, 0.3) is 0 Å². The lowest BCUT2D eigenvalue weighted by Crippen LogP contribution is -2.65. The highest BCUT2D eigenvalue weighted by Gasteiger charge is 2.51. The highest BCUT2D eigenvalue weighted by Crippen LogP contribution is 2.30. The number of hydrogen-bond donors (Lipinski definition) is 9. The molecule has 0 aromatic rings. The molecule has 0 spiro atoms.